The zero-order valence-corrected chi connectivity index (χ0v) is 14.3. The van der Waals surface area contributed by atoms with E-state index < -0.39 is 10.8 Å². The van der Waals surface area contributed by atoms with Crippen LogP contribution in [0, 0.1) is 21.4 Å². The van der Waals surface area contributed by atoms with E-state index in [-0.39, 0.29) is 22.0 Å². The Hall–Kier alpha value is -3.90. The van der Waals surface area contributed by atoms with Gasteiger partial charge in [-0.05, 0) is 30.3 Å². The van der Waals surface area contributed by atoms with Crippen LogP contribution < -0.4 is 10.6 Å². The zero-order chi connectivity index (χ0) is 19.4. The molecule has 1 heterocycles. The van der Waals surface area contributed by atoms with E-state index in [1.54, 1.807) is 24.4 Å². The second-order valence-corrected chi connectivity index (χ2v) is 5.77. The van der Waals surface area contributed by atoms with Crippen LogP contribution in [0.15, 0.2) is 54.4 Å². The summed E-state index contributed by atoms with van der Waals surface area (Å²) in [5.74, 6) is -0.718. The van der Waals surface area contributed by atoms with Crippen molar-refractivity contribution in [1.29, 1.82) is 5.26 Å². The van der Waals surface area contributed by atoms with Gasteiger partial charge in [0.25, 0.3) is 11.6 Å². The highest BCUT2D eigenvalue weighted by molar-refractivity contribution is 6.32. The number of carbonyl (C=O) groups excluding carboxylic acids is 1. The SMILES string of the molecule is N#C/C(=C/Nc1ccc2cn[nH]c2c1)C(=O)Nc1ccc(Cl)c([N+](=O)[O-])c1. The monoisotopic (exact) mass is 382 g/mol. The number of aromatic amines is 1. The van der Waals surface area contributed by atoms with Gasteiger partial charge in [0.2, 0.25) is 0 Å². The van der Waals surface area contributed by atoms with E-state index in [2.05, 4.69) is 20.8 Å². The Morgan fingerprint density at radius 3 is 2.81 bits per heavy atom. The van der Waals surface area contributed by atoms with E-state index in [1.165, 1.54) is 18.3 Å². The number of fused-ring (bicyclic) bond motifs is 1. The predicted molar refractivity (Wildman–Crippen MR) is 100 cm³/mol. The number of nitro groups is 1. The summed E-state index contributed by atoms with van der Waals surface area (Å²) in [6, 6.07) is 11.0. The minimum absolute atomic E-state index is 0.0510. The Bertz CT molecular complexity index is 1120. The normalized spacial score (nSPS) is 11.0. The van der Waals surface area contributed by atoms with Gasteiger partial charge in [0.15, 0.2) is 0 Å². The lowest BCUT2D eigenvalue weighted by molar-refractivity contribution is -0.384. The molecule has 0 unspecified atom stereocenters. The van der Waals surface area contributed by atoms with Gasteiger partial charge in [-0.15, -0.1) is 0 Å². The number of benzene rings is 2. The van der Waals surface area contributed by atoms with Gasteiger partial charge in [0.05, 0.1) is 16.6 Å². The molecular formula is C17H11ClN6O3. The number of carbonyl (C=O) groups is 1. The van der Waals surface area contributed by atoms with Gasteiger partial charge >= 0.3 is 0 Å². The number of hydrogen-bond donors (Lipinski definition) is 3. The molecule has 0 saturated carbocycles. The van der Waals surface area contributed by atoms with Crippen molar-refractivity contribution in [1.82, 2.24) is 10.2 Å². The first kappa shape index (κ1) is 17.9. The molecule has 0 fully saturated rings. The second kappa shape index (κ2) is 7.55. The lowest BCUT2D eigenvalue weighted by Gasteiger charge is -2.06. The van der Waals surface area contributed by atoms with Gasteiger partial charge < -0.3 is 10.6 Å². The average Bonchev–Trinajstić information content (AvgIpc) is 3.11. The van der Waals surface area contributed by atoms with Crippen molar-refractivity contribution in [2.75, 3.05) is 10.6 Å². The molecular weight excluding hydrogens is 372 g/mol. The standard InChI is InChI=1S/C17H11ClN6O3/c18-14-4-3-13(6-16(14)24(26)27)22-17(25)11(7-19)8-20-12-2-1-10-9-21-23-15(10)5-12/h1-6,8-9,20H,(H,21,23)(H,22,25)/b11-8-. The van der Waals surface area contributed by atoms with Crippen molar-refractivity contribution < 1.29 is 9.72 Å². The van der Waals surface area contributed by atoms with Crippen molar-refractivity contribution in [2.45, 2.75) is 0 Å². The number of nitriles is 1. The van der Waals surface area contributed by atoms with Crippen LogP contribution in [0.5, 0.6) is 0 Å². The number of nitrogens with zero attached hydrogens (tertiary/aromatic N) is 3. The predicted octanol–water partition coefficient (Wildman–Crippen LogP) is 3.58. The summed E-state index contributed by atoms with van der Waals surface area (Å²) in [4.78, 5) is 22.5. The molecule has 27 heavy (non-hydrogen) atoms. The number of rotatable bonds is 5. The van der Waals surface area contributed by atoms with Crippen molar-refractivity contribution in [3.63, 3.8) is 0 Å². The Morgan fingerprint density at radius 2 is 2.07 bits per heavy atom. The minimum atomic E-state index is -0.718. The lowest BCUT2D eigenvalue weighted by atomic mass is 10.2. The quantitative estimate of drug-likeness (QED) is 0.267. The van der Waals surface area contributed by atoms with E-state index in [0.29, 0.717) is 5.69 Å². The average molecular weight is 383 g/mol. The fourth-order valence-corrected chi connectivity index (χ4v) is 2.45. The first-order valence-electron chi connectivity index (χ1n) is 7.53. The molecule has 0 aliphatic carbocycles. The highest BCUT2D eigenvalue weighted by Gasteiger charge is 2.15. The molecule has 0 saturated heterocycles. The number of nitro benzene ring substituents is 1. The first-order chi connectivity index (χ1) is 13.0. The summed E-state index contributed by atoms with van der Waals surface area (Å²) < 4.78 is 0. The molecule has 3 aromatic rings. The summed E-state index contributed by atoms with van der Waals surface area (Å²) in [6.07, 6.45) is 2.92. The van der Waals surface area contributed by atoms with E-state index in [9.17, 15) is 20.2 Å². The number of amides is 1. The van der Waals surface area contributed by atoms with Crippen LogP contribution in [0.3, 0.4) is 0 Å². The van der Waals surface area contributed by atoms with Crippen molar-refractivity contribution in [3.8, 4) is 6.07 Å². The molecule has 3 N–H and O–H groups in total. The molecule has 0 radical (unpaired) electrons. The van der Waals surface area contributed by atoms with Crippen LogP contribution in [0.4, 0.5) is 17.1 Å². The van der Waals surface area contributed by atoms with Crippen LogP contribution in [0.25, 0.3) is 10.9 Å². The third-order valence-corrected chi connectivity index (χ3v) is 3.91. The van der Waals surface area contributed by atoms with E-state index in [4.69, 9.17) is 11.6 Å². The number of anilines is 2. The van der Waals surface area contributed by atoms with Gasteiger partial charge in [0.1, 0.15) is 16.7 Å². The molecule has 0 atom stereocenters. The Labute approximate surface area is 157 Å². The topological polar surface area (TPSA) is 137 Å². The van der Waals surface area contributed by atoms with Crippen LogP contribution in [-0.4, -0.2) is 21.0 Å². The maximum absolute atomic E-state index is 12.2. The molecule has 1 aromatic heterocycles. The summed E-state index contributed by atoms with van der Waals surface area (Å²) in [5, 5.41) is 33.0. The fraction of sp³-hybridized carbons (Fsp3) is 0. The van der Waals surface area contributed by atoms with Gasteiger partial charge in [-0.25, -0.2) is 0 Å². The van der Waals surface area contributed by atoms with Crippen LogP contribution in [0.1, 0.15) is 0 Å². The smallest absolute Gasteiger partial charge is 0.289 e. The molecule has 3 rings (SSSR count). The molecule has 10 heteroatoms. The summed E-state index contributed by atoms with van der Waals surface area (Å²) >= 11 is 5.73. The van der Waals surface area contributed by atoms with E-state index >= 15 is 0 Å². The molecule has 0 aliphatic heterocycles. The highest BCUT2D eigenvalue weighted by atomic mass is 35.5. The third-order valence-electron chi connectivity index (χ3n) is 3.59. The Morgan fingerprint density at radius 1 is 1.30 bits per heavy atom. The summed E-state index contributed by atoms with van der Waals surface area (Å²) in [5.41, 5.74) is 1.04. The minimum Gasteiger partial charge on any atom is -0.360 e. The number of nitrogens with one attached hydrogen (secondary N) is 3. The Balaban J connectivity index is 1.75. The molecule has 134 valence electrons. The number of H-pyrrole nitrogens is 1. The molecule has 0 aliphatic rings. The summed E-state index contributed by atoms with van der Waals surface area (Å²) in [6.45, 7) is 0. The maximum atomic E-state index is 12.2. The zero-order valence-electron chi connectivity index (χ0n) is 13.6. The molecule has 9 nitrogen and oxygen atoms in total. The number of aromatic nitrogens is 2. The van der Waals surface area contributed by atoms with Gasteiger partial charge in [-0.2, -0.15) is 10.4 Å². The third kappa shape index (κ3) is 4.02. The van der Waals surface area contributed by atoms with Crippen LogP contribution in [-0.2, 0) is 4.79 Å². The van der Waals surface area contributed by atoms with Crippen molar-refractivity contribution >= 4 is 45.5 Å². The van der Waals surface area contributed by atoms with Gasteiger partial charge in [-0.3, -0.25) is 20.0 Å². The molecule has 1 amide bonds. The first-order valence-corrected chi connectivity index (χ1v) is 7.91. The van der Waals surface area contributed by atoms with Crippen LogP contribution in [0.2, 0.25) is 5.02 Å². The van der Waals surface area contributed by atoms with E-state index in [0.717, 1.165) is 17.0 Å². The number of halogens is 1. The Kier molecular flexibility index (Phi) is 5.01. The summed E-state index contributed by atoms with van der Waals surface area (Å²) in [7, 11) is 0. The second-order valence-electron chi connectivity index (χ2n) is 5.36. The fourth-order valence-electron chi connectivity index (χ4n) is 2.26. The van der Waals surface area contributed by atoms with E-state index in [1.807, 2.05) is 6.07 Å². The van der Waals surface area contributed by atoms with Crippen molar-refractivity contribution in [3.05, 3.63) is 69.5 Å². The molecule has 2 aromatic carbocycles. The largest absolute Gasteiger partial charge is 0.360 e. The number of hydrogen-bond acceptors (Lipinski definition) is 6. The van der Waals surface area contributed by atoms with Crippen LogP contribution >= 0.6 is 11.6 Å². The van der Waals surface area contributed by atoms with Crippen molar-refractivity contribution in [2.24, 2.45) is 0 Å². The van der Waals surface area contributed by atoms with Gasteiger partial charge in [0, 0.05) is 29.0 Å². The molecule has 0 bridgehead atoms. The maximum Gasteiger partial charge on any atom is 0.289 e. The highest BCUT2D eigenvalue weighted by Crippen LogP contribution is 2.27. The van der Waals surface area contributed by atoms with Gasteiger partial charge in [-0.1, -0.05) is 11.6 Å². The molecule has 0 spiro atoms. The lowest BCUT2D eigenvalue weighted by Crippen LogP contribution is -2.14.